The Morgan fingerprint density at radius 2 is 1.68 bits per heavy atom. The Morgan fingerprint density at radius 1 is 0.800 bits per heavy atom. The number of para-hydroxylation sites is 2. The van der Waals surface area contributed by atoms with E-state index in [1.54, 1.807) is 0 Å². The first-order chi connectivity index (χ1) is 19.7. The fourth-order valence-corrected chi connectivity index (χ4v) is 7.24. The van der Waals surface area contributed by atoms with Crippen LogP contribution >= 0.6 is 0 Å². The Labute approximate surface area is 232 Å². The maximum Gasteiger partial charge on any atom is 0.145 e. The normalized spacial score (nSPS) is 19.7. The lowest BCUT2D eigenvalue weighted by Gasteiger charge is -2.30. The first-order valence-corrected chi connectivity index (χ1v) is 14.2. The summed E-state index contributed by atoms with van der Waals surface area (Å²) in [6.07, 6.45) is 10.5. The molecule has 2 atom stereocenters. The average Bonchev–Trinajstić information content (AvgIpc) is 3.66. The summed E-state index contributed by atoms with van der Waals surface area (Å²) in [6.45, 7) is 0. The zero-order chi connectivity index (χ0) is 26.4. The third-order valence-electron chi connectivity index (χ3n) is 9.07. The second-order valence-corrected chi connectivity index (χ2v) is 11.3. The number of aryl methyl sites for hydroxylation is 1. The maximum absolute atomic E-state index is 6.53. The summed E-state index contributed by atoms with van der Waals surface area (Å²) >= 11 is 0. The summed E-state index contributed by atoms with van der Waals surface area (Å²) in [7, 11) is 0. The number of nitrogens with two attached hydrogens (primary N) is 1. The van der Waals surface area contributed by atoms with Crippen LogP contribution in [0.5, 0.6) is 0 Å². The molecule has 194 valence electrons. The number of furan rings is 2. The molecule has 40 heavy (non-hydrogen) atoms. The molecule has 6 aromatic rings. The maximum atomic E-state index is 6.53. The quantitative estimate of drug-likeness (QED) is 0.248. The van der Waals surface area contributed by atoms with Crippen molar-refractivity contribution < 1.29 is 8.83 Å². The van der Waals surface area contributed by atoms with Crippen molar-refractivity contribution in [2.24, 2.45) is 5.73 Å². The van der Waals surface area contributed by atoms with E-state index in [0.717, 1.165) is 48.2 Å². The molecule has 9 rings (SSSR count). The predicted molar refractivity (Wildman–Crippen MR) is 163 cm³/mol. The van der Waals surface area contributed by atoms with Gasteiger partial charge in [0, 0.05) is 51.0 Å². The molecule has 0 radical (unpaired) electrons. The molecular weight excluding hydrogens is 492 g/mol. The van der Waals surface area contributed by atoms with Crippen LogP contribution in [0.4, 0.5) is 11.4 Å². The van der Waals surface area contributed by atoms with Gasteiger partial charge in [-0.25, -0.2) is 0 Å². The number of nitrogens with zero attached hydrogens (tertiary/aromatic N) is 1. The number of benzene rings is 4. The number of anilines is 2. The lowest BCUT2D eigenvalue weighted by atomic mass is 9.91. The third kappa shape index (κ3) is 3.05. The molecular formula is C36H28N2O2. The molecule has 2 N–H and O–H groups in total. The van der Waals surface area contributed by atoms with Gasteiger partial charge in [0.2, 0.25) is 0 Å². The van der Waals surface area contributed by atoms with Crippen molar-refractivity contribution in [1.82, 2.24) is 0 Å². The molecule has 4 heteroatoms. The molecule has 1 aliphatic heterocycles. The summed E-state index contributed by atoms with van der Waals surface area (Å²) in [5, 5.41) is 3.54. The predicted octanol–water partition coefficient (Wildman–Crippen LogP) is 8.68. The zero-order valence-electron chi connectivity index (χ0n) is 22.1. The van der Waals surface area contributed by atoms with E-state index in [1.807, 2.05) is 6.07 Å². The highest BCUT2D eigenvalue weighted by Crippen LogP contribution is 2.53. The Kier molecular flexibility index (Phi) is 4.59. The Balaban J connectivity index is 1.25. The number of fused-ring (bicyclic) bond motifs is 10. The average molecular weight is 521 g/mol. The Bertz CT molecular complexity index is 2060. The molecule has 0 spiro atoms. The van der Waals surface area contributed by atoms with Gasteiger partial charge in [0.15, 0.2) is 0 Å². The summed E-state index contributed by atoms with van der Waals surface area (Å²) in [4.78, 5) is 2.53. The van der Waals surface area contributed by atoms with E-state index in [2.05, 4.69) is 95.9 Å². The van der Waals surface area contributed by atoms with Crippen LogP contribution in [0, 0.1) is 0 Å². The van der Waals surface area contributed by atoms with Gasteiger partial charge in [-0.05, 0) is 66.8 Å². The van der Waals surface area contributed by atoms with E-state index in [4.69, 9.17) is 14.6 Å². The number of hydrogen-bond donors (Lipinski definition) is 1. The van der Waals surface area contributed by atoms with Gasteiger partial charge in [-0.15, -0.1) is 0 Å². The van der Waals surface area contributed by atoms with Gasteiger partial charge in [-0.3, -0.25) is 0 Å². The highest BCUT2D eigenvalue weighted by atomic mass is 16.3. The summed E-state index contributed by atoms with van der Waals surface area (Å²) in [5.41, 5.74) is 17.9. The largest absolute Gasteiger partial charge is 0.461 e. The van der Waals surface area contributed by atoms with E-state index in [0.29, 0.717) is 0 Å². The van der Waals surface area contributed by atoms with Crippen molar-refractivity contribution in [3.8, 4) is 11.1 Å². The molecule has 4 nitrogen and oxygen atoms in total. The molecule has 2 aromatic heterocycles. The fraction of sp³-hybridized carbons (Fsp3) is 0.167. The Morgan fingerprint density at radius 3 is 2.65 bits per heavy atom. The molecule has 3 heterocycles. The van der Waals surface area contributed by atoms with Crippen molar-refractivity contribution in [2.75, 3.05) is 4.90 Å². The number of rotatable bonds is 2. The SMILES string of the molecule is NC1CCc2oc3ccc(-c4ccccc4N4c5ccc6c(oc7ccccc76)c5C5=CC=CCC54)cc3c2C1. The monoisotopic (exact) mass is 520 g/mol. The first-order valence-electron chi connectivity index (χ1n) is 14.2. The molecule has 2 unspecified atom stereocenters. The minimum atomic E-state index is 0.199. The van der Waals surface area contributed by atoms with E-state index < -0.39 is 0 Å². The second kappa shape index (κ2) is 8.23. The molecule has 0 saturated carbocycles. The van der Waals surface area contributed by atoms with Crippen LogP contribution in [0.3, 0.4) is 0 Å². The molecule has 0 amide bonds. The lowest BCUT2D eigenvalue weighted by Crippen LogP contribution is -2.27. The fourth-order valence-electron chi connectivity index (χ4n) is 7.24. The van der Waals surface area contributed by atoms with Crippen LogP contribution in [0.25, 0.3) is 49.6 Å². The van der Waals surface area contributed by atoms with Crippen molar-refractivity contribution in [3.05, 3.63) is 114 Å². The first kappa shape index (κ1) is 22.3. The van der Waals surface area contributed by atoms with Gasteiger partial charge in [-0.1, -0.05) is 60.7 Å². The zero-order valence-corrected chi connectivity index (χ0v) is 22.1. The summed E-state index contributed by atoms with van der Waals surface area (Å²) < 4.78 is 12.8. The van der Waals surface area contributed by atoms with Crippen LogP contribution in [0.1, 0.15) is 29.7 Å². The number of allylic oxidation sites excluding steroid dienone is 2. The van der Waals surface area contributed by atoms with Gasteiger partial charge >= 0.3 is 0 Å². The second-order valence-electron chi connectivity index (χ2n) is 11.3. The van der Waals surface area contributed by atoms with Crippen molar-refractivity contribution in [2.45, 2.75) is 37.8 Å². The van der Waals surface area contributed by atoms with Crippen LogP contribution in [0.15, 0.2) is 106 Å². The Hall–Kier alpha value is -4.54. The highest BCUT2D eigenvalue weighted by molar-refractivity contribution is 6.13. The number of hydrogen-bond acceptors (Lipinski definition) is 4. The van der Waals surface area contributed by atoms with E-state index in [9.17, 15) is 0 Å². The highest BCUT2D eigenvalue weighted by Gasteiger charge is 2.38. The minimum Gasteiger partial charge on any atom is -0.461 e. The smallest absolute Gasteiger partial charge is 0.145 e. The molecule has 4 aromatic carbocycles. The van der Waals surface area contributed by atoms with Gasteiger partial charge < -0.3 is 19.5 Å². The molecule has 3 aliphatic rings. The van der Waals surface area contributed by atoms with E-state index >= 15 is 0 Å². The van der Waals surface area contributed by atoms with Crippen LogP contribution < -0.4 is 10.6 Å². The van der Waals surface area contributed by atoms with Crippen LogP contribution in [0.2, 0.25) is 0 Å². The molecule has 0 bridgehead atoms. The lowest BCUT2D eigenvalue weighted by molar-refractivity contribution is 0.476. The van der Waals surface area contributed by atoms with E-state index in [1.165, 1.54) is 55.4 Å². The topological polar surface area (TPSA) is 55.5 Å². The molecule has 2 aliphatic carbocycles. The molecule has 0 fully saturated rings. The summed E-state index contributed by atoms with van der Waals surface area (Å²) in [5.74, 6) is 1.11. The standard InChI is InChI=1S/C36H28N2O2/c37-22-14-18-34-28(20-22)27-19-21(13-17-33(27)39-34)23-7-1-4-10-29(23)38-30-11-5-2-9-26(30)35-31(38)16-15-25-24-8-3-6-12-32(24)40-36(25)35/h1-10,12-13,15-17,19,22,30H,11,14,18,20,37H2. The van der Waals surface area contributed by atoms with Crippen LogP contribution in [-0.4, -0.2) is 12.1 Å². The van der Waals surface area contributed by atoms with Gasteiger partial charge in [0.25, 0.3) is 0 Å². The van der Waals surface area contributed by atoms with Crippen molar-refractivity contribution >= 4 is 49.9 Å². The third-order valence-corrected chi connectivity index (χ3v) is 9.07. The van der Waals surface area contributed by atoms with Gasteiger partial charge in [0.1, 0.15) is 22.5 Å². The van der Waals surface area contributed by atoms with Gasteiger partial charge in [-0.2, -0.15) is 0 Å². The summed E-state index contributed by atoms with van der Waals surface area (Å²) in [6, 6.07) is 28.7. The van der Waals surface area contributed by atoms with Crippen LogP contribution in [-0.2, 0) is 12.8 Å². The van der Waals surface area contributed by atoms with Gasteiger partial charge in [0.05, 0.1) is 11.7 Å². The molecule has 0 saturated heterocycles. The minimum absolute atomic E-state index is 0.199. The van der Waals surface area contributed by atoms with Crippen molar-refractivity contribution in [1.29, 1.82) is 0 Å². The van der Waals surface area contributed by atoms with E-state index in [-0.39, 0.29) is 12.1 Å². The van der Waals surface area contributed by atoms with Crippen molar-refractivity contribution in [3.63, 3.8) is 0 Å².